The summed E-state index contributed by atoms with van der Waals surface area (Å²) in [5.74, 6) is 0.726. The number of rotatable bonds is 6. The van der Waals surface area contributed by atoms with Gasteiger partial charge in [0.2, 0.25) is 10.0 Å². The van der Waals surface area contributed by atoms with Crippen LogP contribution in [0, 0.1) is 0 Å². The molecule has 1 aliphatic heterocycles. The molecule has 1 aromatic carbocycles. The van der Waals surface area contributed by atoms with Gasteiger partial charge < -0.3 is 15.5 Å². The highest BCUT2D eigenvalue weighted by atomic mass is 127. The summed E-state index contributed by atoms with van der Waals surface area (Å²) in [4.78, 5) is 6.74. The summed E-state index contributed by atoms with van der Waals surface area (Å²) in [6.07, 6.45) is 3.25. The minimum atomic E-state index is -3.32. The summed E-state index contributed by atoms with van der Waals surface area (Å²) in [5, 5.41) is 10.2. The molecule has 0 radical (unpaired) electrons. The normalized spacial score (nSPS) is 15.5. The molecule has 0 unspecified atom stereocenters. The number of sulfonamides is 1. The van der Waals surface area contributed by atoms with Crippen LogP contribution in [0.15, 0.2) is 46.8 Å². The Bertz CT molecular complexity index is 895. The zero-order chi connectivity index (χ0) is 20.0. The second kappa shape index (κ2) is 11.0. The number of nitrogens with one attached hydrogen (secondary N) is 3. The zero-order valence-corrected chi connectivity index (χ0v) is 20.6. The maximum absolute atomic E-state index is 11.6. The lowest BCUT2D eigenvalue weighted by atomic mass is 10.1. The van der Waals surface area contributed by atoms with Crippen LogP contribution in [0.5, 0.6) is 0 Å². The molecule has 0 aliphatic carbocycles. The van der Waals surface area contributed by atoms with E-state index < -0.39 is 10.0 Å². The van der Waals surface area contributed by atoms with Crippen molar-refractivity contribution in [2.75, 3.05) is 36.0 Å². The van der Waals surface area contributed by atoms with E-state index in [4.69, 9.17) is 0 Å². The van der Waals surface area contributed by atoms with Gasteiger partial charge in [-0.25, -0.2) is 8.42 Å². The molecule has 1 aliphatic rings. The van der Waals surface area contributed by atoms with Crippen molar-refractivity contribution >= 4 is 62.0 Å². The number of halogens is 1. The molecule has 2 aromatic rings. The number of hydrogen-bond acceptors (Lipinski definition) is 5. The molecule has 1 fully saturated rings. The SMILES string of the molecule is CN=C(NCc1ccccc1NS(C)(=O)=O)NC1CCN(c2cccs2)CC1.I. The highest BCUT2D eigenvalue weighted by Crippen LogP contribution is 2.24. The Labute approximate surface area is 194 Å². The third-order valence-electron chi connectivity index (χ3n) is 4.64. The number of guanidine groups is 1. The second-order valence-corrected chi connectivity index (χ2v) is 9.49. The first kappa shape index (κ1) is 23.7. The Morgan fingerprint density at radius 3 is 2.55 bits per heavy atom. The zero-order valence-electron chi connectivity index (χ0n) is 16.6. The van der Waals surface area contributed by atoms with Crippen LogP contribution in [0.1, 0.15) is 18.4 Å². The average molecular weight is 550 g/mol. The lowest BCUT2D eigenvalue weighted by molar-refractivity contribution is 0.463. The van der Waals surface area contributed by atoms with E-state index in [0.717, 1.165) is 43.7 Å². The molecule has 2 heterocycles. The molecule has 10 heteroatoms. The summed E-state index contributed by atoms with van der Waals surface area (Å²) in [5.41, 5.74) is 1.44. The summed E-state index contributed by atoms with van der Waals surface area (Å²) < 4.78 is 25.7. The summed E-state index contributed by atoms with van der Waals surface area (Å²) in [6, 6.07) is 12.0. The van der Waals surface area contributed by atoms with Crippen LogP contribution >= 0.6 is 35.3 Å². The molecule has 3 N–H and O–H groups in total. The molecule has 1 aromatic heterocycles. The summed E-state index contributed by atoms with van der Waals surface area (Å²) in [7, 11) is -1.57. The van der Waals surface area contributed by atoms with Crippen molar-refractivity contribution < 1.29 is 8.42 Å². The average Bonchev–Trinajstić information content (AvgIpc) is 3.20. The van der Waals surface area contributed by atoms with E-state index in [1.165, 1.54) is 5.00 Å². The van der Waals surface area contributed by atoms with Crippen LogP contribution in [0.4, 0.5) is 10.7 Å². The van der Waals surface area contributed by atoms with E-state index in [9.17, 15) is 8.42 Å². The largest absolute Gasteiger partial charge is 0.363 e. The van der Waals surface area contributed by atoms with Crippen LogP contribution < -0.4 is 20.3 Å². The highest BCUT2D eigenvalue weighted by molar-refractivity contribution is 14.0. The first-order chi connectivity index (χ1) is 13.4. The van der Waals surface area contributed by atoms with Gasteiger partial charge in [0.25, 0.3) is 0 Å². The van der Waals surface area contributed by atoms with Gasteiger partial charge in [-0.3, -0.25) is 9.71 Å². The molecule has 160 valence electrons. The van der Waals surface area contributed by atoms with Crippen molar-refractivity contribution in [2.45, 2.75) is 25.4 Å². The molecule has 29 heavy (non-hydrogen) atoms. The molecular weight excluding hydrogens is 521 g/mol. The highest BCUT2D eigenvalue weighted by Gasteiger charge is 2.20. The maximum atomic E-state index is 11.6. The van der Waals surface area contributed by atoms with Crippen LogP contribution in [0.3, 0.4) is 0 Å². The van der Waals surface area contributed by atoms with Gasteiger partial charge >= 0.3 is 0 Å². The molecule has 7 nitrogen and oxygen atoms in total. The number of para-hydroxylation sites is 1. The van der Waals surface area contributed by atoms with Crippen molar-refractivity contribution in [3.8, 4) is 0 Å². The van der Waals surface area contributed by atoms with Gasteiger partial charge in [0.15, 0.2) is 5.96 Å². The van der Waals surface area contributed by atoms with Crippen molar-refractivity contribution in [1.29, 1.82) is 0 Å². The second-order valence-electron chi connectivity index (χ2n) is 6.81. The number of anilines is 2. The van der Waals surface area contributed by atoms with Crippen LogP contribution in [-0.4, -0.2) is 46.8 Å². The Hall–Kier alpha value is -1.53. The predicted molar refractivity (Wildman–Crippen MR) is 133 cm³/mol. The van der Waals surface area contributed by atoms with Crippen molar-refractivity contribution in [3.05, 3.63) is 47.3 Å². The van der Waals surface area contributed by atoms with Crippen LogP contribution in [0.25, 0.3) is 0 Å². The maximum Gasteiger partial charge on any atom is 0.229 e. The Kier molecular flexibility index (Phi) is 9.03. The fraction of sp³-hybridized carbons (Fsp3) is 0.421. The first-order valence-electron chi connectivity index (χ1n) is 9.26. The van der Waals surface area contributed by atoms with E-state index >= 15 is 0 Å². The van der Waals surface area contributed by atoms with Gasteiger partial charge in [0.05, 0.1) is 16.9 Å². The van der Waals surface area contributed by atoms with Gasteiger partial charge in [-0.05, 0) is 42.0 Å². The van der Waals surface area contributed by atoms with Gasteiger partial charge in [-0.15, -0.1) is 35.3 Å². The fourth-order valence-corrected chi connectivity index (χ4v) is 4.62. The molecule has 0 saturated carbocycles. The topological polar surface area (TPSA) is 85.8 Å². The third kappa shape index (κ3) is 7.34. The van der Waals surface area contributed by atoms with E-state index in [1.807, 2.05) is 18.2 Å². The molecule has 3 rings (SSSR count). The molecule has 1 saturated heterocycles. The quantitative estimate of drug-likeness (QED) is 0.293. The van der Waals surface area contributed by atoms with E-state index in [0.29, 0.717) is 18.3 Å². The van der Waals surface area contributed by atoms with Gasteiger partial charge in [-0.2, -0.15) is 0 Å². The van der Waals surface area contributed by atoms with Crippen LogP contribution in [-0.2, 0) is 16.6 Å². The molecule has 0 spiro atoms. The van der Waals surface area contributed by atoms with E-state index in [2.05, 4.69) is 42.8 Å². The number of thiophene rings is 1. The molecule has 0 atom stereocenters. The fourth-order valence-electron chi connectivity index (χ4n) is 3.23. The van der Waals surface area contributed by atoms with Crippen molar-refractivity contribution in [3.63, 3.8) is 0 Å². The van der Waals surface area contributed by atoms with Gasteiger partial charge in [-0.1, -0.05) is 18.2 Å². The number of aliphatic imine (C=N–C) groups is 1. The molecule has 0 amide bonds. The summed E-state index contributed by atoms with van der Waals surface area (Å²) in [6.45, 7) is 2.53. The third-order valence-corrected chi connectivity index (χ3v) is 6.16. The first-order valence-corrected chi connectivity index (χ1v) is 12.0. The number of benzene rings is 1. The van der Waals surface area contributed by atoms with Crippen LogP contribution in [0.2, 0.25) is 0 Å². The molecule has 0 bridgehead atoms. The minimum absolute atomic E-state index is 0. The van der Waals surface area contributed by atoms with E-state index in [-0.39, 0.29) is 24.0 Å². The lowest BCUT2D eigenvalue weighted by Crippen LogP contribution is -2.48. The van der Waals surface area contributed by atoms with Crippen molar-refractivity contribution in [2.24, 2.45) is 4.99 Å². The number of nitrogens with zero attached hydrogens (tertiary/aromatic N) is 2. The lowest BCUT2D eigenvalue weighted by Gasteiger charge is -2.33. The predicted octanol–water partition coefficient (Wildman–Crippen LogP) is 3.07. The Balaban J connectivity index is 0.00000300. The standard InChI is InChI=1S/C19H27N5O2S2.HI/c1-20-19(21-14-15-6-3-4-7-17(15)23-28(2,25)26)22-16-9-11-24(12-10-16)18-8-5-13-27-18;/h3-8,13,16,23H,9-12,14H2,1-2H3,(H2,20,21,22);1H. The number of piperidine rings is 1. The number of hydrogen-bond donors (Lipinski definition) is 3. The monoisotopic (exact) mass is 549 g/mol. The summed E-state index contributed by atoms with van der Waals surface area (Å²) >= 11 is 1.78. The Morgan fingerprint density at radius 2 is 1.93 bits per heavy atom. The van der Waals surface area contributed by atoms with Gasteiger partial charge in [0.1, 0.15) is 0 Å². The smallest absolute Gasteiger partial charge is 0.229 e. The Morgan fingerprint density at radius 1 is 1.21 bits per heavy atom. The van der Waals surface area contributed by atoms with E-state index in [1.54, 1.807) is 24.5 Å². The van der Waals surface area contributed by atoms with Gasteiger partial charge in [0, 0.05) is 32.7 Å². The molecular formula is C19H28IN5O2S2. The van der Waals surface area contributed by atoms with Crippen molar-refractivity contribution in [1.82, 2.24) is 10.6 Å². The minimum Gasteiger partial charge on any atom is -0.363 e.